The third-order valence-electron chi connectivity index (χ3n) is 5.32. The Bertz CT molecular complexity index is 1180. The molecule has 1 aliphatic rings. The number of halogens is 1. The first-order valence-corrected chi connectivity index (χ1v) is 10.4. The molecule has 158 valence electrons. The van der Waals surface area contributed by atoms with Crippen LogP contribution in [0, 0.1) is 13.8 Å². The number of aryl methyl sites for hydroxylation is 1. The van der Waals surface area contributed by atoms with Crippen LogP contribution in [0.3, 0.4) is 0 Å². The minimum absolute atomic E-state index is 0.146. The van der Waals surface area contributed by atoms with E-state index in [9.17, 15) is 9.59 Å². The zero-order valence-electron chi connectivity index (χ0n) is 17.3. The van der Waals surface area contributed by atoms with Gasteiger partial charge < -0.3 is 4.74 Å². The molecule has 0 aliphatic carbocycles. The van der Waals surface area contributed by atoms with E-state index in [1.807, 2.05) is 42.8 Å². The van der Waals surface area contributed by atoms with Gasteiger partial charge in [-0.25, -0.2) is 4.79 Å². The molecule has 0 atom stereocenters. The number of aromatic nitrogens is 2. The molecule has 2 heterocycles. The molecule has 1 saturated heterocycles. The number of anilines is 1. The Balaban J connectivity index is 1.54. The average molecular weight is 436 g/mol. The topological polar surface area (TPSA) is 64.4 Å². The van der Waals surface area contributed by atoms with E-state index in [1.54, 1.807) is 30.3 Å². The minimum Gasteiger partial charge on any atom is -0.447 e. The number of carbonyl (C=O) groups excluding carboxylic acids is 2. The minimum atomic E-state index is -0.391. The molecule has 3 aromatic rings. The highest BCUT2D eigenvalue weighted by molar-refractivity contribution is 6.31. The van der Waals surface area contributed by atoms with Gasteiger partial charge in [0.05, 0.1) is 18.8 Å². The number of ketones is 1. The van der Waals surface area contributed by atoms with Gasteiger partial charge in [0.1, 0.15) is 6.61 Å². The van der Waals surface area contributed by atoms with Gasteiger partial charge >= 0.3 is 6.09 Å². The second-order valence-electron chi connectivity index (χ2n) is 7.35. The summed E-state index contributed by atoms with van der Waals surface area (Å²) in [7, 11) is 0. The number of benzene rings is 2. The quantitative estimate of drug-likeness (QED) is 0.401. The number of amides is 1. The average Bonchev–Trinajstić information content (AvgIpc) is 3.31. The van der Waals surface area contributed by atoms with Gasteiger partial charge in [0.2, 0.25) is 0 Å². The summed E-state index contributed by atoms with van der Waals surface area (Å²) >= 11 is 6.28. The monoisotopic (exact) mass is 435 g/mol. The highest BCUT2D eigenvalue weighted by atomic mass is 35.5. The maximum atomic E-state index is 12.8. The van der Waals surface area contributed by atoms with Crippen molar-refractivity contribution < 1.29 is 14.3 Å². The van der Waals surface area contributed by atoms with E-state index in [0.29, 0.717) is 36.0 Å². The van der Waals surface area contributed by atoms with Crippen LogP contribution in [0.1, 0.15) is 32.9 Å². The highest BCUT2D eigenvalue weighted by Crippen LogP contribution is 2.22. The van der Waals surface area contributed by atoms with Crippen molar-refractivity contribution >= 4 is 35.2 Å². The van der Waals surface area contributed by atoms with Gasteiger partial charge in [-0.15, -0.1) is 0 Å². The molecule has 1 amide bonds. The largest absolute Gasteiger partial charge is 0.447 e. The molecule has 1 fully saturated rings. The fraction of sp³-hybridized carbons (Fsp3) is 0.208. The SMILES string of the molecule is Cc1nn(Cc2ccccc2Cl)c(C)c1/C=C/C(=O)c1cccc(N2CCOC2=O)c1. The number of hydrogen-bond acceptors (Lipinski definition) is 4. The van der Waals surface area contributed by atoms with Gasteiger partial charge in [-0.1, -0.05) is 41.9 Å². The van der Waals surface area contributed by atoms with Gasteiger partial charge in [-0.3, -0.25) is 14.4 Å². The van der Waals surface area contributed by atoms with Crippen molar-refractivity contribution in [3.8, 4) is 0 Å². The number of rotatable bonds is 6. The Morgan fingerprint density at radius 2 is 2.00 bits per heavy atom. The molecule has 6 nitrogen and oxygen atoms in total. The number of carbonyl (C=O) groups is 2. The fourth-order valence-electron chi connectivity index (χ4n) is 3.60. The Hall–Kier alpha value is -3.38. The van der Waals surface area contributed by atoms with Gasteiger partial charge in [0.25, 0.3) is 0 Å². The Morgan fingerprint density at radius 1 is 1.19 bits per heavy atom. The van der Waals surface area contributed by atoms with E-state index >= 15 is 0 Å². The molecule has 0 N–H and O–H groups in total. The van der Waals surface area contributed by atoms with E-state index in [0.717, 1.165) is 22.5 Å². The molecule has 0 saturated carbocycles. The lowest BCUT2D eigenvalue weighted by atomic mass is 10.1. The first kappa shape index (κ1) is 20.9. The van der Waals surface area contributed by atoms with Gasteiger partial charge in [0.15, 0.2) is 5.78 Å². The third-order valence-corrected chi connectivity index (χ3v) is 5.69. The third kappa shape index (κ3) is 4.39. The Labute approximate surface area is 185 Å². The molecule has 31 heavy (non-hydrogen) atoms. The predicted octanol–water partition coefficient (Wildman–Crippen LogP) is 5.05. The maximum Gasteiger partial charge on any atom is 0.414 e. The van der Waals surface area contributed by atoms with Crippen molar-refractivity contribution in [1.82, 2.24) is 9.78 Å². The summed E-state index contributed by atoms with van der Waals surface area (Å²) in [6.07, 6.45) is 2.94. The fourth-order valence-corrected chi connectivity index (χ4v) is 3.80. The summed E-state index contributed by atoms with van der Waals surface area (Å²) in [5.74, 6) is -0.146. The Kier molecular flexibility index (Phi) is 5.91. The molecule has 7 heteroatoms. The zero-order chi connectivity index (χ0) is 22.0. The Morgan fingerprint density at radius 3 is 2.74 bits per heavy atom. The molecule has 0 bridgehead atoms. The van der Waals surface area contributed by atoms with E-state index in [4.69, 9.17) is 16.3 Å². The van der Waals surface area contributed by atoms with Crippen LogP contribution in [0.5, 0.6) is 0 Å². The second kappa shape index (κ2) is 8.78. The molecule has 2 aromatic carbocycles. The van der Waals surface area contributed by atoms with E-state index in [2.05, 4.69) is 5.10 Å². The number of ether oxygens (including phenoxy) is 1. The van der Waals surface area contributed by atoms with Crippen molar-refractivity contribution in [2.75, 3.05) is 18.1 Å². The number of nitrogens with zero attached hydrogens (tertiary/aromatic N) is 3. The lowest BCUT2D eigenvalue weighted by Crippen LogP contribution is -2.23. The van der Waals surface area contributed by atoms with E-state index in [1.165, 1.54) is 11.0 Å². The molecule has 0 spiro atoms. The van der Waals surface area contributed by atoms with Crippen molar-refractivity contribution in [2.45, 2.75) is 20.4 Å². The molecule has 0 radical (unpaired) electrons. The normalized spacial score (nSPS) is 13.8. The standard InChI is InChI=1S/C24H22ClN3O3/c1-16-21(17(2)28(26-16)15-19-6-3-4-9-22(19)25)10-11-23(29)18-7-5-8-20(14-18)27-12-13-31-24(27)30/h3-11,14H,12-13,15H2,1-2H3/b11-10+. The van der Waals surface area contributed by atoms with Crippen LogP contribution in [0.15, 0.2) is 54.6 Å². The molecule has 1 aliphatic heterocycles. The lowest BCUT2D eigenvalue weighted by molar-refractivity contribution is 0.104. The van der Waals surface area contributed by atoms with Crippen LogP contribution in [-0.4, -0.2) is 34.8 Å². The van der Waals surface area contributed by atoms with E-state index < -0.39 is 6.09 Å². The summed E-state index contributed by atoms with van der Waals surface area (Å²) in [5.41, 5.74) is 4.84. The van der Waals surface area contributed by atoms with Crippen LogP contribution in [-0.2, 0) is 11.3 Å². The first-order valence-electron chi connectivity index (χ1n) is 9.98. The summed E-state index contributed by atoms with van der Waals surface area (Å²) in [6.45, 7) is 5.28. The molecule has 0 unspecified atom stereocenters. The molecular weight excluding hydrogens is 414 g/mol. The summed E-state index contributed by atoms with van der Waals surface area (Å²) in [5, 5.41) is 5.31. The molecule has 4 rings (SSSR count). The summed E-state index contributed by atoms with van der Waals surface area (Å²) in [4.78, 5) is 26.1. The van der Waals surface area contributed by atoms with Crippen LogP contribution >= 0.6 is 11.6 Å². The van der Waals surface area contributed by atoms with Crippen LogP contribution < -0.4 is 4.90 Å². The van der Waals surface area contributed by atoms with Gasteiger partial charge in [0, 0.05) is 27.5 Å². The number of cyclic esters (lactones) is 1. The number of hydrogen-bond donors (Lipinski definition) is 0. The smallest absolute Gasteiger partial charge is 0.414 e. The first-order chi connectivity index (χ1) is 14.9. The van der Waals surface area contributed by atoms with E-state index in [-0.39, 0.29) is 5.78 Å². The second-order valence-corrected chi connectivity index (χ2v) is 7.75. The maximum absolute atomic E-state index is 12.8. The van der Waals surface area contributed by atoms with Crippen LogP contribution in [0.4, 0.5) is 10.5 Å². The van der Waals surface area contributed by atoms with Crippen molar-refractivity contribution in [1.29, 1.82) is 0 Å². The van der Waals surface area contributed by atoms with Crippen molar-refractivity contribution in [2.24, 2.45) is 0 Å². The van der Waals surface area contributed by atoms with Gasteiger partial charge in [-0.05, 0) is 49.8 Å². The van der Waals surface area contributed by atoms with Crippen LogP contribution in [0.2, 0.25) is 5.02 Å². The molecule has 1 aromatic heterocycles. The zero-order valence-corrected chi connectivity index (χ0v) is 18.1. The van der Waals surface area contributed by atoms with Crippen molar-refractivity contribution in [3.05, 3.63) is 87.7 Å². The number of allylic oxidation sites excluding steroid dienone is 1. The van der Waals surface area contributed by atoms with Crippen molar-refractivity contribution in [3.63, 3.8) is 0 Å². The highest BCUT2D eigenvalue weighted by Gasteiger charge is 2.23. The van der Waals surface area contributed by atoms with Crippen LogP contribution in [0.25, 0.3) is 6.08 Å². The summed E-state index contributed by atoms with van der Waals surface area (Å²) in [6, 6.07) is 14.7. The lowest BCUT2D eigenvalue weighted by Gasteiger charge is -2.13. The summed E-state index contributed by atoms with van der Waals surface area (Å²) < 4.78 is 6.86. The predicted molar refractivity (Wildman–Crippen MR) is 121 cm³/mol. The van der Waals surface area contributed by atoms with Gasteiger partial charge in [-0.2, -0.15) is 5.10 Å². The molecular formula is C24H22ClN3O3.